The number of hydrogen-bond acceptors (Lipinski definition) is 6. The van der Waals surface area contributed by atoms with E-state index in [1.54, 1.807) is 30.5 Å². The van der Waals surface area contributed by atoms with Gasteiger partial charge in [-0.05, 0) is 17.2 Å². The highest BCUT2D eigenvalue weighted by molar-refractivity contribution is 5.79. The molecule has 3 heterocycles. The van der Waals surface area contributed by atoms with Crippen molar-refractivity contribution in [2.24, 2.45) is 0 Å². The van der Waals surface area contributed by atoms with Crippen molar-refractivity contribution < 1.29 is 27.8 Å². The molecule has 2 aliphatic rings. The second-order valence-corrected chi connectivity index (χ2v) is 8.68. The van der Waals surface area contributed by atoms with Crippen LogP contribution in [0.4, 0.5) is 13.2 Å². The molecule has 1 aromatic heterocycles. The molecule has 2 saturated heterocycles. The Morgan fingerprint density at radius 2 is 1.76 bits per heavy atom. The predicted octanol–water partition coefficient (Wildman–Crippen LogP) is 2.02. The first-order chi connectivity index (χ1) is 16.4. The summed E-state index contributed by atoms with van der Waals surface area (Å²) in [5, 5.41) is 12.1. The lowest BCUT2D eigenvalue weighted by atomic mass is 9.99. The monoisotopic (exact) mass is 478 g/mol. The van der Waals surface area contributed by atoms with Crippen LogP contribution in [0.5, 0.6) is 0 Å². The van der Waals surface area contributed by atoms with E-state index < -0.39 is 31.2 Å². The molecule has 1 amide bonds. The van der Waals surface area contributed by atoms with Crippen molar-refractivity contribution in [3.8, 4) is 11.1 Å². The van der Waals surface area contributed by atoms with Gasteiger partial charge in [0.25, 0.3) is 5.91 Å². The zero-order valence-electron chi connectivity index (χ0n) is 18.7. The van der Waals surface area contributed by atoms with Crippen LogP contribution in [0.3, 0.4) is 0 Å². The number of piperazine rings is 1. The number of rotatable bonds is 9. The highest BCUT2D eigenvalue weighted by atomic mass is 19.3. The molecule has 4 rings (SSSR count). The molecule has 2 atom stereocenters. The molecule has 34 heavy (non-hydrogen) atoms. The number of amides is 1. The summed E-state index contributed by atoms with van der Waals surface area (Å²) in [5.74, 6) is -1.61. The molecule has 0 bridgehead atoms. The van der Waals surface area contributed by atoms with Gasteiger partial charge in [0.05, 0.1) is 31.0 Å². The average molecular weight is 479 g/mol. The zero-order chi connectivity index (χ0) is 24.1. The lowest BCUT2D eigenvalue weighted by Gasteiger charge is -2.42. The maximum Gasteiger partial charge on any atom is 0.315 e. The molecule has 10 heteroatoms. The van der Waals surface area contributed by atoms with E-state index >= 15 is 0 Å². The third kappa shape index (κ3) is 5.93. The molecule has 2 fully saturated rings. The molecular weight excluding hydrogens is 449 g/mol. The van der Waals surface area contributed by atoms with Gasteiger partial charge in [-0.3, -0.25) is 19.6 Å². The van der Waals surface area contributed by atoms with Gasteiger partial charge in [0.2, 0.25) is 0 Å². The number of ether oxygens (including phenoxy) is 1. The minimum Gasteiger partial charge on any atom is -0.386 e. The minimum absolute atomic E-state index is 0.318. The number of pyridine rings is 1. The summed E-state index contributed by atoms with van der Waals surface area (Å²) >= 11 is 0. The van der Waals surface area contributed by atoms with Gasteiger partial charge in [0.1, 0.15) is 12.8 Å². The fourth-order valence-corrected chi connectivity index (χ4v) is 4.19. The van der Waals surface area contributed by atoms with E-state index in [0.29, 0.717) is 11.6 Å². The summed E-state index contributed by atoms with van der Waals surface area (Å²) in [6.45, 7) is 5.39. The number of aliphatic hydroxyl groups excluding tert-OH is 1. The SMILES string of the molecule is O=C(N[C@H](CF)[C@H](O)c1ccc(-c2ccc(CN3CCN(C4COC4)CC3)nc2)cc1)C(F)F. The molecule has 2 aromatic rings. The Balaban J connectivity index is 1.31. The number of aromatic nitrogens is 1. The first-order valence-corrected chi connectivity index (χ1v) is 11.4. The van der Waals surface area contributed by atoms with Gasteiger partial charge in [-0.2, -0.15) is 8.78 Å². The van der Waals surface area contributed by atoms with Gasteiger partial charge in [0, 0.05) is 44.5 Å². The number of alkyl halides is 3. The summed E-state index contributed by atoms with van der Waals surface area (Å²) in [6, 6.07) is 9.73. The van der Waals surface area contributed by atoms with Gasteiger partial charge in [-0.25, -0.2) is 4.39 Å². The highest BCUT2D eigenvalue weighted by Gasteiger charge is 2.29. The van der Waals surface area contributed by atoms with Gasteiger partial charge in [0.15, 0.2) is 0 Å². The maximum atomic E-state index is 13.2. The van der Waals surface area contributed by atoms with Gasteiger partial charge >= 0.3 is 6.43 Å². The van der Waals surface area contributed by atoms with Crippen molar-refractivity contribution in [2.45, 2.75) is 31.2 Å². The number of carbonyl (C=O) groups excluding carboxylic acids is 1. The van der Waals surface area contributed by atoms with Crippen LogP contribution in [-0.2, 0) is 16.1 Å². The molecule has 7 nitrogen and oxygen atoms in total. The van der Waals surface area contributed by atoms with Crippen LogP contribution >= 0.6 is 0 Å². The molecular formula is C24H29F3N4O3. The largest absolute Gasteiger partial charge is 0.386 e. The van der Waals surface area contributed by atoms with Crippen molar-refractivity contribution in [3.63, 3.8) is 0 Å². The lowest BCUT2D eigenvalue weighted by molar-refractivity contribution is -0.133. The average Bonchev–Trinajstić information content (AvgIpc) is 2.82. The number of aliphatic hydroxyl groups is 1. The maximum absolute atomic E-state index is 13.2. The topological polar surface area (TPSA) is 77.9 Å². The first-order valence-electron chi connectivity index (χ1n) is 11.4. The number of benzene rings is 1. The third-order valence-corrected chi connectivity index (χ3v) is 6.41. The Hall–Kier alpha value is -2.53. The van der Waals surface area contributed by atoms with Gasteiger partial charge < -0.3 is 15.2 Å². The Labute approximate surface area is 196 Å². The Morgan fingerprint density at radius 1 is 1.09 bits per heavy atom. The number of nitrogens with one attached hydrogen (secondary N) is 1. The summed E-state index contributed by atoms with van der Waals surface area (Å²) < 4.78 is 43.3. The predicted molar refractivity (Wildman–Crippen MR) is 120 cm³/mol. The number of nitrogens with zero attached hydrogens (tertiary/aromatic N) is 3. The van der Waals surface area contributed by atoms with Crippen molar-refractivity contribution in [3.05, 3.63) is 53.9 Å². The van der Waals surface area contributed by atoms with Crippen LogP contribution in [0, 0.1) is 0 Å². The summed E-state index contributed by atoms with van der Waals surface area (Å²) in [6.07, 6.45) is -2.93. The van der Waals surface area contributed by atoms with Crippen LogP contribution in [0.25, 0.3) is 11.1 Å². The quantitative estimate of drug-likeness (QED) is 0.574. The van der Waals surface area contributed by atoms with Gasteiger partial charge in [-0.1, -0.05) is 30.3 Å². The summed E-state index contributed by atoms with van der Waals surface area (Å²) in [7, 11) is 0. The number of halogens is 3. The molecule has 1 aromatic carbocycles. The Morgan fingerprint density at radius 3 is 2.29 bits per heavy atom. The number of carbonyl (C=O) groups is 1. The molecule has 0 spiro atoms. The van der Waals surface area contributed by atoms with Crippen molar-refractivity contribution in [1.82, 2.24) is 20.1 Å². The zero-order valence-corrected chi connectivity index (χ0v) is 18.7. The summed E-state index contributed by atoms with van der Waals surface area (Å²) in [5.41, 5.74) is 3.03. The fourth-order valence-electron chi connectivity index (χ4n) is 4.19. The minimum atomic E-state index is -3.27. The standard InChI is InChI=1S/C24H29F3N4O3/c25-11-21(29-24(33)23(26)27)22(32)17-3-1-16(2-4-17)18-5-6-19(28-12-18)13-30-7-9-31(10-8-30)20-14-34-15-20/h1-6,12,20-23,32H,7-11,13-15H2,(H,29,33)/t21-,22-/m1/s1. The molecule has 0 aliphatic carbocycles. The van der Waals surface area contributed by atoms with Gasteiger partial charge in [-0.15, -0.1) is 0 Å². The van der Waals surface area contributed by atoms with E-state index in [-0.39, 0.29) is 0 Å². The van der Waals surface area contributed by atoms with Crippen molar-refractivity contribution in [1.29, 1.82) is 0 Å². The molecule has 2 N–H and O–H groups in total. The Kier molecular flexibility index (Phi) is 8.15. The molecule has 0 radical (unpaired) electrons. The molecule has 2 aliphatic heterocycles. The van der Waals surface area contributed by atoms with Crippen molar-refractivity contribution >= 4 is 5.91 Å². The van der Waals surface area contributed by atoms with Crippen LogP contribution in [0.15, 0.2) is 42.6 Å². The van der Waals surface area contributed by atoms with Crippen LogP contribution in [0.2, 0.25) is 0 Å². The summed E-state index contributed by atoms with van der Waals surface area (Å²) in [4.78, 5) is 20.6. The smallest absolute Gasteiger partial charge is 0.315 e. The van der Waals surface area contributed by atoms with E-state index in [2.05, 4.69) is 14.8 Å². The highest BCUT2D eigenvalue weighted by Crippen LogP contribution is 2.24. The van der Waals surface area contributed by atoms with E-state index in [4.69, 9.17) is 4.74 Å². The van der Waals surface area contributed by atoms with E-state index in [1.807, 2.05) is 17.4 Å². The second-order valence-electron chi connectivity index (χ2n) is 8.68. The van der Waals surface area contributed by atoms with E-state index in [1.165, 1.54) is 0 Å². The van der Waals surface area contributed by atoms with E-state index in [0.717, 1.165) is 62.8 Å². The van der Waals surface area contributed by atoms with E-state index in [9.17, 15) is 23.1 Å². The van der Waals surface area contributed by atoms with Crippen LogP contribution < -0.4 is 5.32 Å². The molecule has 0 unspecified atom stereocenters. The lowest BCUT2D eigenvalue weighted by Crippen LogP contribution is -2.56. The Bertz CT molecular complexity index is 933. The fraction of sp³-hybridized carbons (Fsp3) is 0.500. The number of hydrogen-bond donors (Lipinski definition) is 2. The first kappa shape index (κ1) is 24.6. The normalized spacial score (nSPS) is 19.6. The molecule has 0 saturated carbocycles. The van der Waals surface area contributed by atoms with Crippen LogP contribution in [0.1, 0.15) is 17.4 Å². The second kappa shape index (κ2) is 11.3. The van der Waals surface area contributed by atoms with Crippen molar-refractivity contribution in [2.75, 3.05) is 46.1 Å². The van der Waals surface area contributed by atoms with Crippen LogP contribution in [-0.4, -0.2) is 90.4 Å². The third-order valence-electron chi connectivity index (χ3n) is 6.41. The molecule has 184 valence electrons.